The van der Waals surface area contributed by atoms with Crippen LogP contribution >= 0.6 is 0 Å². The molecule has 0 bridgehead atoms. The number of rotatable bonds is 5. The fraction of sp³-hybridized carbons (Fsp3) is 0.611. The van der Waals surface area contributed by atoms with Gasteiger partial charge >= 0.3 is 0 Å². The van der Waals surface area contributed by atoms with E-state index >= 15 is 0 Å². The number of hydrogen-bond acceptors (Lipinski definition) is 4. The van der Waals surface area contributed by atoms with E-state index in [2.05, 4.69) is 11.4 Å². The number of ether oxygens (including phenoxy) is 3. The zero-order chi connectivity index (χ0) is 16.1. The van der Waals surface area contributed by atoms with Crippen LogP contribution < -0.4 is 10.1 Å². The Kier molecular flexibility index (Phi) is 5.18. The molecule has 1 heterocycles. The zero-order valence-corrected chi connectivity index (χ0v) is 13.7. The molecule has 23 heavy (non-hydrogen) atoms. The van der Waals surface area contributed by atoms with Crippen LogP contribution in [0.1, 0.15) is 31.2 Å². The van der Waals surface area contributed by atoms with Crippen LogP contribution in [0.2, 0.25) is 0 Å². The maximum absolute atomic E-state index is 12.3. The van der Waals surface area contributed by atoms with Crippen molar-refractivity contribution in [3.63, 3.8) is 0 Å². The maximum atomic E-state index is 12.3. The molecule has 1 aliphatic carbocycles. The largest absolute Gasteiger partial charge is 0.496 e. The predicted molar refractivity (Wildman–Crippen MR) is 86.7 cm³/mol. The molecule has 1 saturated heterocycles. The molecule has 5 heteroatoms. The summed E-state index contributed by atoms with van der Waals surface area (Å²) in [5, 5.41) is 3.09. The Bertz CT molecular complexity index is 534. The number of hydrogen-bond donors (Lipinski definition) is 1. The summed E-state index contributed by atoms with van der Waals surface area (Å²) in [5.41, 5.74) is 1.15. The highest BCUT2D eigenvalue weighted by molar-refractivity contribution is 5.81. The van der Waals surface area contributed by atoms with Gasteiger partial charge in [-0.25, -0.2) is 0 Å². The van der Waals surface area contributed by atoms with Crippen LogP contribution in [0.25, 0.3) is 0 Å². The van der Waals surface area contributed by atoms with Crippen molar-refractivity contribution in [1.29, 1.82) is 0 Å². The van der Waals surface area contributed by atoms with E-state index in [-0.39, 0.29) is 11.3 Å². The lowest BCUT2D eigenvalue weighted by Gasteiger charge is -2.32. The van der Waals surface area contributed by atoms with Gasteiger partial charge in [0.2, 0.25) is 0 Å². The van der Waals surface area contributed by atoms with Crippen LogP contribution in [0.5, 0.6) is 5.75 Å². The zero-order valence-electron chi connectivity index (χ0n) is 13.7. The smallest absolute Gasteiger partial charge is 0.251 e. The number of carbonyl (C=O) groups excluding carboxylic acids is 1. The first kappa shape index (κ1) is 16.3. The van der Waals surface area contributed by atoms with E-state index in [9.17, 15) is 4.79 Å². The Morgan fingerprint density at radius 1 is 1.30 bits per heavy atom. The Morgan fingerprint density at radius 3 is 2.78 bits per heavy atom. The van der Waals surface area contributed by atoms with E-state index in [1.54, 1.807) is 7.11 Å². The van der Waals surface area contributed by atoms with Crippen LogP contribution in [-0.4, -0.2) is 45.5 Å². The second kappa shape index (κ2) is 7.32. The lowest BCUT2D eigenvalue weighted by atomic mass is 9.78. The third-order valence-corrected chi connectivity index (χ3v) is 4.95. The summed E-state index contributed by atoms with van der Waals surface area (Å²) < 4.78 is 16.3. The minimum absolute atomic E-state index is 0.0439. The Balaban J connectivity index is 1.72. The lowest BCUT2D eigenvalue weighted by molar-refractivity contribution is -0.147. The van der Waals surface area contributed by atoms with Gasteiger partial charge in [-0.1, -0.05) is 31.0 Å². The van der Waals surface area contributed by atoms with Crippen molar-refractivity contribution >= 4 is 5.91 Å². The highest BCUT2D eigenvalue weighted by Gasteiger charge is 2.38. The highest BCUT2D eigenvalue weighted by Crippen LogP contribution is 2.44. The molecule has 1 unspecified atom stereocenters. The first-order chi connectivity index (χ1) is 11.2. The number of methoxy groups -OCH3 is 1. The van der Waals surface area contributed by atoms with Gasteiger partial charge in [0.1, 0.15) is 5.75 Å². The highest BCUT2D eigenvalue weighted by atomic mass is 16.6. The quantitative estimate of drug-likeness (QED) is 0.902. The number of nitrogens with one attached hydrogen (secondary N) is 1. The Morgan fingerprint density at radius 2 is 2.09 bits per heavy atom. The van der Waals surface area contributed by atoms with Gasteiger partial charge in [0.25, 0.3) is 5.91 Å². The third kappa shape index (κ3) is 3.51. The number of para-hydroxylation sites is 1. The van der Waals surface area contributed by atoms with E-state index in [0.717, 1.165) is 18.6 Å². The molecule has 0 spiro atoms. The average molecular weight is 319 g/mol. The average Bonchev–Trinajstić information content (AvgIpc) is 3.10. The maximum Gasteiger partial charge on any atom is 0.251 e. The van der Waals surface area contributed by atoms with Gasteiger partial charge in [0, 0.05) is 17.5 Å². The topological polar surface area (TPSA) is 56.8 Å². The van der Waals surface area contributed by atoms with Crippen molar-refractivity contribution in [2.75, 3.05) is 33.5 Å². The van der Waals surface area contributed by atoms with Crippen molar-refractivity contribution < 1.29 is 19.0 Å². The standard InChI is InChI=1S/C18H25NO4/c1-21-15-7-3-2-6-14(15)18(8-4-5-9-18)13-19-17(20)16-12-22-10-11-23-16/h2-3,6-7,16H,4-5,8-13H2,1H3,(H,19,20). The van der Waals surface area contributed by atoms with Crippen molar-refractivity contribution in [2.24, 2.45) is 0 Å². The molecule has 5 nitrogen and oxygen atoms in total. The molecule has 1 aromatic rings. The molecule has 126 valence electrons. The van der Waals surface area contributed by atoms with Gasteiger partial charge in [0.05, 0.1) is 26.9 Å². The van der Waals surface area contributed by atoms with Crippen molar-refractivity contribution in [1.82, 2.24) is 5.32 Å². The molecule has 1 amide bonds. The van der Waals surface area contributed by atoms with E-state index < -0.39 is 6.10 Å². The molecular formula is C18H25NO4. The van der Waals surface area contributed by atoms with Gasteiger partial charge in [-0.15, -0.1) is 0 Å². The van der Waals surface area contributed by atoms with Gasteiger partial charge in [0.15, 0.2) is 6.10 Å². The lowest BCUT2D eigenvalue weighted by Crippen LogP contribution is -2.47. The Labute approximate surface area is 137 Å². The van der Waals surface area contributed by atoms with E-state index in [4.69, 9.17) is 14.2 Å². The molecule has 1 aliphatic heterocycles. The van der Waals surface area contributed by atoms with Crippen LogP contribution in [-0.2, 0) is 19.7 Å². The predicted octanol–water partition coefficient (Wildman–Crippen LogP) is 2.04. The second-order valence-electron chi connectivity index (χ2n) is 6.34. The van der Waals surface area contributed by atoms with Crippen LogP contribution in [0.15, 0.2) is 24.3 Å². The van der Waals surface area contributed by atoms with Gasteiger partial charge in [-0.05, 0) is 18.9 Å². The first-order valence-corrected chi connectivity index (χ1v) is 8.36. The summed E-state index contributed by atoms with van der Waals surface area (Å²) in [4.78, 5) is 12.3. The number of carbonyl (C=O) groups is 1. The summed E-state index contributed by atoms with van der Waals surface area (Å²) in [5.74, 6) is 0.826. The fourth-order valence-corrected chi connectivity index (χ4v) is 3.69. The minimum atomic E-state index is -0.486. The number of amides is 1. The molecule has 2 fully saturated rings. The molecule has 3 rings (SSSR count). The van der Waals surface area contributed by atoms with Crippen LogP contribution in [0.4, 0.5) is 0 Å². The minimum Gasteiger partial charge on any atom is -0.496 e. The molecule has 1 atom stereocenters. The number of benzene rings is 1. The van der Waals surface area contributed by atoms with Crippen LogP contribution in [0, 0.1) is 0 Å². The summed E-state index contributed by atoms with van der Waals surface area (Å²) in [6, 6.07) is 8.14. The summed E-state index contributed by atoms with van der Waals surface area (Å²) in [7, 11) is 1.70. The SMILES string of the molecule is COc1ccccc1C1(CNC(=O)C2COCCO2)CCCC1. The molecule has 1 N–H and O–H groups in total. The van der Waals surface area contributed by atoms with Gasteiger partial charge < -0.3 is 19.5 Å². The summed E-state index contributed by atoms with van der Waals surface area (Å²) in [6.45, 7) is 2.00. The van der Waals surface area contributed by atoms with Gasteiger partial charge in [-0.2, -0.15) is 0 Å². The Hall–Kier alpha value is -1.59. The molecule has 1 saturated carbocycles. The summed E-state index contributed by atoms with van der Waals surface area (Å²) >= 11 is 0. The van der Waals surface area contributed by atoms with Crippen molar-refractivity contribution in [2.45, 2.75) is 37.2 Å². The summed E-state index contributed by atoms with van der Waals surface area (Å²) in [6.07, 6.45) is 4.00. The monoisotopic (exact) mass is 319 g/mol. The van der Waals surface area contributed by atoms with E-state index in [1.165, 1.54) is 18.4 Å². The van der Waals surface area contributed by atoms with Gasteiger partial charge in [-0.3, -0.25) is 4.79 Å². The second-order valence-corrected chi connectivity index (χ2v) is 6.34. The molecule has 0 aromatic heterocycles. The van der Waals surface area contributed by atoms with E-state index in [1.807, 2.05) is 18.2 Å². The van der Waals surface area contributed by atoms with E-state index in [0.29, 0.717) is 26.4 Å². The normalized spacial score (nSPS) is 23.4. The van der Waals surface area contributed by atoms with Crippen molar-refractivity contribution in [3.8, 4) is 5.75 Å². The first-order valence-electron chi connectivity index (χ1n) is 8.36. The molecule has 2 aliphatic rings. The van der Waals surface area contributed by atoms with Crippen molar-refractivity contribution in [3.05, 3.63) is 29.8 Å². The molecular weight excluding hydrogens is 294 g/mol. The molecule has 1 aromatic carbocycles. The third-order valence-electron chi connectivity index (χ3n) is 4.95. The van der Waals surface area contributed by atoms with Crippen LogP contribution in [0.3, 0.4) is 0 Å². The molecule has 0 radical (unpaired) electrons. The fourth-order valence-electron chi connectivity index (χ4n) is 3.69.